The summed E-state index contributed by atoms with van der Waals surface area (Å²) in [4.78, 5) is 50.8. The van der Waals surface area contributed by atoms with Crippen LogP contribution in [0.1, 0.15) is 10.5 Å². The molecule has 0 amide bonds. The fraction of sp³-hybridized carbons (Fsp3) is 0.0556. The molecule has 0 bridgehead atoms. The van der Waals surface area contributed by atoms with Gasteiger partial charge in [0.2, 0.25) is 16.9 Å². The second-order valence-corrected chi connectivity index (χ2v) is 22.1. The van der Waals surface area contributed by atoms with Crippen molar-refractivity contribution in [2.75, 3.05) is 23.4 Å². The Hall–Kier alpha value is -7.18. The number of carboxylic acids is 1. The fourth-order valence-corrected chi connectivity index (χ4v) is 10.2. The number of nitrogens with two attached hydrogens (primary N) is 1. The van der Waals surface area contributed by atoms with Crippen LogP contribution in [0.4, 0.5) is 57.3 Å². The van der Waals surface area contributed by atoms with Crippen molar-refractivity contribution in [3.8, 4) is 0 Å². The Labute approximate surface area is 451 Å². The minimum atomic E-state index is -5.14. The van der Waals surface area contributed by atoms with Gasteiger partial charge in [-0.05, 0) is 96.5 Å². The number of H-pyrrole nitrogens is 1. The van der Waals surface area contributed by atoms with Crippen LogP contribution in [-0.2, 0) is 54.8 Å². The summed E-state index contributed by atoms with van der Waals surface area (Å²) in [5.41, 5.74) is -0.993. The number of rotatable bonds is 18. The van der Waals surface area contributed by atoms with Gasteiger partial charge in [-0.1, -0.05) is 0 Å². The summed E-state index contributed by atoms with van der Waals surface area (Å²) in [7, 11) is -24.2. The molecule has 0 fully saturated rings. The number of aromatic amines is 1. The topological polar surface area (TPSA) is 510 Å². The van der Waals surface area contributed by atoms with Gasteiger partial charge >= 0.3 is 51.1 Å². The monoisotopic (exact) mass is 1180 g/mol. The van der Waals surface area contributed by atoms with E-state index in [1.807, 2.05) is 0 Å². The molecule has 0 aliphatic carbocycles. The number of halogens is 1. The van der Waals surface area contributed by atoms with Crippen molar-refractivity contribution in [3.05, 3.63) is 122 Å². The van der Waals surface area contributed by atoms with Crippen LogP contribution in [0.25, 0.3) is 0 Å². The van der Waals surface area contributed by atoms with E-state index in [1.54, 1.807) is 0 Å². The standard InChI is InChI=1S/C36H27ClN14O19S5.Na/c37-34-41-35(39-17-5-9-22(10-6-17)71(56,57)14-13-70-75(67,68)69)43-36(42-34)40-20-7-11-24(72(58,59)60)23(15-20)47-49-28-30(38)51-31(52)27(29(33(54)55)50(51)32(28)53)48-45-19-3-1-18(2-4-19)44-46-21-8-12-25(73(61,62)63)26(16-21)74(64,65)66;/h1-12,15-16H,13-14,38H2,(H,54,55)(H,58,59,60)(H,61,62,63)(H,64,65,66)(H,67,68,69)(H2,39,40,41,42,43);/q;+1/p-1. The van der Waals surface area contributed by atoms with Crippen molar-refractivity contribution in [3.63, 3.8) is 0 Å². The van der Waals surface area contributed by atoms with Gasteiger partial charge in [0.25, 0.3) is 30.4 Å². The summed E-state index contributed by atoms with van der Waals surface area (Å²) in [6.07, 6.45) is 0. The van der Waals surface area contributed by atoms with E-state index >= 15 is 0 Å². The SMILES string of the molecule is Nc1c(N=Nc2cc(N=c3nc(Nc4ccc(S(=O)(=O)CCOS(=O)(=O)O)cc4)nc(Cl)[nH]3)ccc2S(=O)(=O)O)c(=O)n2c(C(=O)[O-])c(N=Nc3ccc(N=Nc4ccc(S(=O)(=O)O)c(S(=O)(=O)O)c4)cc3)c(=O)n12.[Na+]. The van der Waals surface area contributed by atoms with Crippen LogP contribution in [0.3, 0.4) is 0 Å². The number of anilines is 3. The zero-order valence-electron chi connectivity index (χ0n) is 37.3. The predicted molar refractivity (Wildman–Crippen MR) is 251 cm³/mol. The number of hydrogen-bond acceptors (Lipinski definition) is 26. The fourth-order valence-electron chi connectivity index (χ4n) is 6.18. The van der Waals surface area contributed by atoms with Crippen molar-refractivity contribution < 1.29 is 104 Å². The van der Waals surface area contributed by atoms with Crippen LogP contribution in [-0.4, -0.2) is 103 Å². The predicted octanol–water partition coefficient (Wildman–Crippen LogP) is -0.526. The largest absolute Gasteiger partial charge is 1.00 e. The molecule has 0 aliphatic rings. The number of azo groups is 3. The third-order valence-electron chi connectivity index (χ3n) is 9.37. The number of carboxylic acid groups (broad SMARTS) is 1. The molecule has 7 aromatic rings. The molecule has 0 saturated carbocycles. The molecule has 3 heterocycles. The normalized spacial score (nSPS) is 13.0. The van der Waals surface area contributed by atoms with E-state index in [1.165, 1.54) is 36.4 Å². The number of aromatic nitrogens is 5. The first-order valence-corrected chi connectivity index (χ1v) is 27.2. The number of aromatic carboxylic acids is 1. The Balaban J connectivity index is 0.00000937. The van der Waals surface area contributed by atoms with Crippen LogP contribution in [0.2, 0.25) is 5.28 Å². The number of hydrogen-bond donors (Lipinski definition) is 7. The zero-order valence-corrected chi connectivity index (χ0v) is 44.2. The molecule has 8 N–H and O–H groups in total. The van der Waals surface area contributed by atoms with Crippen LogP contribution in [0.5, 0.6) is 0 Å². The Kier molecular flexibility index (Phi) is 17.0. The molecule has 40 heteroatoms. The number of carbonyl (C=O) groups excluding carboxylic acids is 1. The molecule has 0 radical (unpaired) electrons. The summed E-state index contributed by atoms with van der Waals surface area (Å²) in [6, 6.07) is 14.9. The summed E-state index contributed by atoms with van der Waals surface area (Å²) in [6.45, 7) is -0.856. The van der Waals surface area contributed by atoms with Gasteiger partial charge in [0.1, 0.15) is 26.1 Å². The molecule has 0 saturated heterocycles. The van der Waals surface area contributed by atoms with Gasteiger partial charge in [0, 0.05) is 5.69 Å². The molecule has 76 heavy (non-hydrogen) atoms. The van der Waals surface area contributed by atoms with Crippen molar-refractivity contribution in [1.82, 2.24) is 24.0 Å². The third-order valence-corrected chi connectivity index (χ3v) is 14.5. The molecule has 3 aromatic heterocycles. The Bertz CT molecular complexity index is 4370. The van der Waals surface area contributed by atoms with Gasteiger partial charge in [-0.2, -0.15) is 63.5 Å². The molecule has 392 valence electrons. The maximum absolute atomic E-state index is 13.6. The van der Waals surface area contributed by atoms with E-state index in [-0.39, 0.29) is 84.3 Å². The van der Waals surface area contributed by atoms with Crippen LogP contribution in [0.15, 0.2) is 150 Å². The number of fused-ring (bicyclic) bond motifs is 1. The molecule has 0 spiro atoms. The molecular formula is C36H26ClN14NaO19S5. The number of benzene rings is 4. The zero-order chi connectivity index (χ0) is 55.0. The van der Waals surface area contributed by atoms with E-state index in [4.69, 9.17) is 21.9 Å². The van der Waals surface area contributed by atoms with Crippen molar-refractivity contribution in [2.45, 2.75) is 19.6 Å². The molecular weight excluding hydrogens is 1150 g/mol. The molecule has 0 unspecified atom stereocenters. The van der Waals surface area contributed by atoms with Crippen molar-refractivity contribution >= 4 is 125 Å². The maximum atomic E-state index is 13.6. The van der Waals surface area contributed by atoms with Crippen LogP contribution < -0.4 is 62.5 Å². The van der Waals surface area contributed by atoms with Crippen LogP contribution >= 0.6 is 11.6 Å². The van der Waals surface area contributed by atoms with Gasteiger partial charge < -0.3 is 21.0 Å². The quantitative estimate of drug-likeness (QED) is 0.0323. The molecule has 33 nitrogen and oxygen atoms in total. The summed E-state index contributed by atoms with van der Waals surface area (Å²) >= 11 is 6.12. The molecule has 7 rings (SSSR count). The van der Waals surface area contributed by atoms with E-state index in [0.29, 0.717) is 16.6 Å². The Morgan fingerprint density at radius 3 is 1.78 bits per heavy atom. The summed E-state index contributed by atoms with van der Waals surface area (Å²) in [5.74, 6) is -3.99. The Morgan fingerprint density at radius 1 is 0.671 bits per heavy atom. The molecule has 0 aliphatic heterocycles. The molecule has 4 aromatic carbocycles. The first-order valence-electron chi connectivity index (χ1n) is 19.5. The number of nitrogens with zero attached hydrogens (tertiary/aromatic N) is 11. The van der Waals surface area contributed by atoms with E-state index in [2.05, 4.69) is 60.1 Å². The first kappa shape index (κ1) is 58.1. The van der Waals surface area contributed by atoms with E-state index in [9.17, 15) is 75.2 Å². The van der Waals surface area contributed by atoms with Crippen molar-refractivity contribution in [2.24, 2.45) is 35.7 Å². The van der Waals surface area contributed by atoms with Gasteiger partial charge in [-0.3, -0.25) is 32.8 Å². The number of carbonyl (C=O) groups is 1. The average Bonchev–Trinajstić information content (AvgIpc) is 3.73. The van der Waals surface area contributed by atoms with Gasteiger partial charge in [-0.15, -0.1) is 15.3 Å². The smallest absolute Gasteiger partial charge is 0.543 e. The maximum Gasteiger partial charge on any atom is 1.00 e. The van der Waals surface area contributed by atoms with Crippen LogP contribution in [0, 0.1) is 0 Å². The summed E-state index contributed by atoms with van der Waals surface area (Å²) < 4.78 is 160. The van der Waals surface area contributed by atoms with Crippen molar-refractivity contribution in [1.29, 1.82) is 0 Å². The minimum Gasteiger partial charge on any atom is -0.543 e. The molecule has 0 atom stereocenters. The summed E-state index contributed by atoms with van der Waals surface area (Å²) in [5, 5.41) is 37.2. The second kappa shape index (κ2) is 22.2. The van der Waals surface area contributed by atoms with E-state index < -0.39 is 123 Å². The van der Waals surface area contributed by atoms with E-state index in [0.717, 1.165) is 36.4 Å². The number of sulfone groups is 1. The number of nitrogen functional groups attached to an aromatic ring is 1. The first-order chi connectivity index (χ1) is 34.9. The van der Waals surface area contributed by atoms with Gasteiger partial charge in [-0.25, -0.2) is 22.1 Å². The number of nitrogens with one attached hydrogen (secondary N) is 2. The average molecular weight is 1180 g/mol. The third kappa shape index (κ3) is 13.6. The Morgan fingerprint density at radius 2 is 1.20 bits per heavy atom. The second-order valence-electron chi connectivity index (χ2n) is 14.4. The minimum absolute atomic E-state index is 0. The van der Waals surface area contributed by atoms with Gasteiger partial charge in [0.05, 0.1) is 46.0 Å². The van der Waals surface area contributed by atoms with Gasteiger partial charge in [0.15, 0.2) is 27.0 Å².